The zero-order valence-electron chi connectivity index (χ0n) is 16.9. The van der Waals surface area contributed by atoms with Gasteiger partial charge in [0, 0.05) is 16.0 Å². The maximum Gasteiger partial charge on any atom is 0.354 e. The Labute approximate surface area is 186 Å². The Hall–Kier alpha value is -3.97. The first kappa shape index (κ1) is 20.0. The van der Waals surface area contributed by atoms with Gasteiger partial charge in [-0.3, -0.25) is 9.36 Å². The molecule has 7 heteroatoms. The smallest absolute Gasteiger partial charge is 0.354 e. The molecule has 158 valence electrons. The van der Waals surface area contributed by atoms with Crippen molar-refractivity contribution < 1.29 is 14.3 Å². The Morgan fingerprint density at radius 3 is 2.31 bits per heavy atom. The van der Waals surface area contributed by atoms with Crippen LogP contribution in [0.1, 0.15) is 0 Å². The van der Waals surface area contributed by atoms with E-state index in [9.17, 15) is 14.7 Å². The van der Waals surface area contributed by atoms with Gasteiger partial charge in [-0.2, -0.15) is 0 Å². The SMILES string of the molecule is COc1ccc(Sc2c(O)c3c(=O)n(-c4ccccc4)c4ccccc4c3oc2=O)cc1. The molecule has 0 fully saturated rings. The predicted molar refractivity (Wildman–Crippen MR) is 124 cm³/mol. The van der Waals surface area contributed by atoms with E-state index in [1.807, 2.05) is 30.3 Å². The molecular formula is C25H17NO5S. The standard InChI is InChI=1S/C25H17NO5S/c1-30-16-11-13-17(14-12-16)32-23-21(27)20-22(31-25(23)29)18-9-5-6-10-19(18)26(24(20)28)15-7-3-2-4-8-15/h2-14,27H,1H3. The van der Waals surface area contributed by atoms with Crippen LogP contribution in [0.25, 0.3) is 27.6 Å². The summed E-state index contributed by atoms with van der Waals surface area (Å²) in [6.45, 7) is 0. The number of rotatable bonds is 4. The van der Waals surface area contributed by atoms with Gasteiger partial charge < -0.3 is 14.3 Å². The van der Waals surface area contributed by atoms with Crippen LogP contribution in [0.5, 0.6) is 11.5 Å². The first-order valence-electron chi connectivity index (χ1n) is 9.79. The van der Waals surface area contributed by atoms with Crippen molar-refractivity contribution in [1.82, 2.24) is 4.57 Å². The minimum absolute atomic E-state index is 0.0387. The molecular weight excluding hydrogens is 426 g/mol. The van der Waals surface area contributed by atoms with Crippen LogP contribution in [0.15, 0.2) is 103 Å². The lowest BCUT2D eigenvalue weighted by molar-refractivity contribution is 0.414. The number of ether oxygens (including phenoxy) is 1. The van der Waals surface area contributed by atoms with Crippen LogP contribution in [0, 0.1) is 0 Å². The fourth-order valence-electron chi connectivity index (χ4n) is 3.66. The average Bonchev–Trinajstić information content (AvgIpc) is 2.82. The molecule has 5 rings (SSSR count). The van der Waals surface area contributed by atoms with E-state index in [0.717, 1.165) is 11.8 Å². The summed E-state index contributed by atoms with van der Waals surface area (Å²) < 4.78 is 12.3. The van der Waals surface area contributed by atoms with Crippen LogP contribution in [-0.4, -0.2) is 16.8 Å². The summed E-state index contributed by atoms with van der Waals surface area (Å²) in [7, 11) is 1.56. The molecule has 0 aliphatic carbocycles. The quantitative estimate of drug-likeness (QED) is 0.395. The number of hydrogen-bond acceptors (Lipinski definition) is 6. The molecule has 6 nitrogen and oxygen atoms in total. The maximum absolute atomic E-state index is 13.6. The minimum atomic E-state index is -0.710. The summed E-state index contributed by atoms with van der Waals surface area (Å²) in [5.41, 5.74) is 0.111. The average molecular weight is 443 g/mol. The van der Waals surface area contributed by atoms with Crippen LogP contribution in [0.4, 0.5) is 0 Å². The Bertz CT molecular complexity index is 1570. The van der Waals surface area contributed by atoms with Gasteiger partial charge in [-0.1, -0.05) is 42.1 Å². The van der Waals surface area contributed by atoms with Gasteiger partial charge in [0.1, 0.15) is 16.0 Å². The fourth-order valence-corrected chi connectivity index (χ4v) is 4.49. The number of hydrogen-bond donors (Lipinski definition) is 1. The first-order chi connectivity index (χ1) is 15.6. The van der Waals surface area contributed by atoms with E-state index >= 15 is 0 Å². The Morgan fingerprint density at radius 1 is 0.906 bits per heavy atom. The van der Waals surface area contributed by atoms with Gasteiger partial charge in [-0.05, 0) is 48.5 Å². The van der Waals surface area contributed by atoms with Gasteiger partial charge in [0.05, 0.1) is 12.6 Å². The summed E-state index contributed by atoms with van der Waals surface area (Å²) >= 11 is 1.03. The number of aromatic nitrogens is 1. The van der Waals surface area contributed by atoms with Crippen LogP contribution in [0.2, 0.25) is 0 Å². The van der Waals surface area contributed by atoms with E-state index in [-0.39, 0.29) is 15.9 Å². The monoisotopic (exact) mass is 443 g/mol. The van der Waals surface area contributed by atoms with Gasteiger partial charge >= 0.3 is 5.63 Å². The molecule has 0 unspecified atom stereocenters. The number of nitrogens with zero attached hydrogens (tertiary/aromatic N) is 1. The zero-order valence-corrected chi connectivity index (χ0v) is 17.8. The summed E-state index contributed by atoms with van der Waals surface area (Å²) in [4.78, 5) is 27.0. The number of benzene rings is 3. The molecule has 0 atom stereocenters. The Kier molecular flexibility index (Phi) is 4.95. The molecule has 0 amide bonds. The maximum atomic E-state index is 13.6. The fraction of sp³-hybridized carbons (Fsp3) is 0.0400. The largest absolute Gasteiger partial charge is 0.505 e. The van der Waals surface area contributed by atoms with Crippen molar-refractivity contribution in [2.45, 2.75) is 9.79 Å². The number of aromatic hydroxyl groups is 1. The molecule has 32 heavy (non-hydrogen) atoms. The third-order valence-electron chi connectivity index (χ3n) is 5.16. The van der Waals surface area contributed by atoms with E-state index in [0.29, 0.717) is 27.2 Å². The van der Waals surface area contributed by atoms with E-state index in [1.54, 1.807) is 55.6 Å². The van der Waals surface area contributed by atoms with Crippen LogP contribution >= 0.6 is 11.8 Å². The Balaban J connectivity index is 1.81. The molecule has 3 aromatic carbocycles. The molecule has 0 bridgehead atoms. The molecule has 0 aliphatic heterocycles. The van der Waals surface area contributed by atoms with E-state index < -0.39 is 16.9 Å². The number of fused-ring (bicyclic) bond motifs is 3. The van der Waals surface area contributed by atoms with Gasteiger partial charge in [-0.25, -0.2) is 4.79 Å². The third-order valence-corrected chi connectivity index (χ3v) is 6.23. The van der Waals surface area contributed by atoms with Crippen molar-refractivity contribution in [2.24, 2.45) is 0 Å². The lowest BCUT2D eigenvalue weighted by Crippen LogP contribution is -2.20. The van der Waals surface area contributed by atoms with E-state index in [4.69, 9.17) is 9.15 Å². The van der Waals surface area contributed by atoms with Crippen molar-refractivity contribution >= 4 is 33.6 Å². The zero-order chi connectivity index (χ0) is 22.2. The summed E-state index contributed by atoms with van der Waals surface area (Å²) in [6.07, 6.45) is 0. The molecule has 1 N–H and O–H groups in total. The van der Waals surface area contributed by atoms with Crippen molar-refractivity contribution in [1.29, 1.82) is 0 Å². The van der Waals surface area contributed by atoms with Gasteiger partial charge in [0.25, 0.3) is 5.56 Å². The van der Waals surface area contributed by atoms with Crippen LogP contribution in [-0.2, 0) is 0 Å². The highest BCUT2D eigenvalue weighted by Crippen LogP contribution is 2.37. The second-order valence-electron chi connectivity index (χ2n) is 7.04. The highest BCUT2D eigenvalue weighted by atomic mass is 32.2. The van der Waals surface area contributed by atoms with E-state index in [2.05, 4.69) is 0 Å². The Morgan fingerprint density at radius 2 is 1.59 bits per heavy atom. The normalized spacial score (nSPS) is 11.2. The van der Waals surface area contributed by atoms with Crippen molar-refractivity contribution in [3.63, 3.8) is 0 Å². The topological polar surface area (TPSA) is 81.7 Å². The number of methoxy groups -OCH3 is 1. The van der Waals surface area contributed by atoms with Crippen LogP contribution < -0.4 is 15.9 Å². The summed E-state index contributed by atoms with van der Waals surface area (Å²) in [6, 6.07) is 23.3. The van der Waals surface area contributed by atoms with Gasteiger partial charge in [-0.15, -0.1) is 0 Å². The molecule has 2 heterocycles. The first-order valence-corrected chi connectivity index (χ1v) is 10.6. The lowest BCUT2D eigenvalue weighted by Gasteiger charge is -2.14. The van der Waals surface area contributed by atoms with Crippen LogP contribution in [0.3, 0.4) is 0 Å². The van der Waals surface area contributed by atoms with Crippen molar-refractivity contribution in [3.05, 3.63) is 99.6 Å². The highest BCUT2D eigenvalue weighted by molar-refractivity contribution is 7.99. The molecule has 0 radical (unpaired) electrons. The van der Waals surface area contributed by atoms with E-state index in [1.165, 1.54) is 4.57 Å². The molecule has 0 saturated heterocycles. The highest BCUT2D eigenvalue weighted by Gasteiger charge is 2.22. The summed E-state index contributed by atoms with van der Waals surface area (Å²) in [5, 5.41) is 11.6. The lowest BCUT2D eigenvalue weighted by atomic mass is 10.1. The molecule has 2 aromatic heterocycles. The molecule has 0 spiro atoms. The minimum Gasteiger partial charge on any atom is -0.505 e. The van der Waals surface area contributed by atoms with Crippen molar-refractivity contribution in [3.8, 4) is 17.2 Å². The second-order valence-corrected chi connectivity index (χ2v) is 8.13. The number of para-hydroxylation sites is 2. The molecule has 5 aromatic rings. The molecule has 0 saturated carbocycles. The summed E-state index contributed by atoms with van der Waals surface area (Å²) in [5.74, 6) is 0.277. The van der Waals surface area contributed by atoms with Gasteiger partial charge in [0.2, 0.25) is 0 Å². The second kappa shape index (κ2) is 7.94. The predicted octanol–water partition coefficient (Wildman–Crippen LogP) is 4.96. The third kappa shape index (κ3) is 3.23. The number of pyridine rings is 1. The molecule has 0 aliphatic rings. The van der Waals surface area contributed by atoms with Crippen molar-refractivity contribution in [2.75, 3.05) is 7.11 Å². The van der Waals surface area contributed by atoms with Gasteiger partial charge in [0.15, 0.2) is 11.3 Å².